The number of carbonyl (C=O) groups is 2. The minimum absolute atomic E-state index is 0.0347. The van der Waals surface area contributed by atoms with Crippen LogP contribution in [0.5, 0.6) is 0 Å². The summed E-state index contributed by atoms with van der Waals surface area (Å²) in [5, 5.41) is 2.74. The van der Waals surface area contributed by atoms with Gasteiger partial charge in [-0.25, -0.2) is 0 Å². The number of aromatic nitrogens is 1. The van der Waals surface area contributed by atoms with E-state index in [-0.39, 0.29) is 18.1 Å². The molecular weight excluding hydrogens is 260 g/mol. The fraction of sp³-hybridized carbons (Fsp3) is 0.214. The molecule has 0 saturated heterocycles. The quantitative estimate of drug-likeness (QED) is 0.839. The van der Waals surface area contributed by atoms with E-state index in [1.165, 1.54) is 13.4 Å². The normalized spacial score (nSPS) is 11.7. The maximum Gasteiger partial charge on any atom is 0.307 e. The molecule has 0 fully saturated rings. The summed E-state index contributed by atoms with van der Waals surface area (Å²) in [6.45, 7) is 0. The third-order valence-electron chi connectivity index (χ3n) is 2.76. The molecule has 1 amide bonds. The zero-order chi connectivity index (χ0) is 14.4. The zero-order valence-corrected chi connectivity index (χ0v) is 10.9. The van der Waals surface area contributed by atoms with E-state index < -0.39 is 12.0 Å². The van der Waals surface area contributed by atoms with Crippen LogP contribution in [-0.4, -0.2) is 24.0 Å². The van der Waals surface area contributed by atoms with Crippen LogP contribution in [0.4, 0.5) is 0 Å². The number of esters is 1. The van der Waals surface area contributed by atoms with E-state index in [1.54, 1.807) is 36.7 Å². The highest BCUT2D eigenvalue weighted by molar-refractivity contribution is 5.92. The predicted octanol–water partition coefficient (Wildman–Crippen LogP) is 1.71. The third-order valence-corrected chi connectivity index (χ3v) is 2.76. The van der Waals surface area contributed by atoms with Crippen molar-refractivity contribution in [2.45, 2.75) is 12.5 Å². The number of rotatable bonds is 5. The van der Waals surface area contributed by atoms with E-state index in [4.69, 9.17) is 4.42 Å². The Bertz CT molecular complexity index is 566. The highest BCUT2D eigenvalue weighted by atomic mass is 16.5. The molecule has 1 N–H and O–H groups in total. The number of furan rings is 1. The molecule has 0 radical (unpaired) electrons. The van der Waals surface area contributed by atoms with Gasteiger partial charge < -0.3 is 14.5 Å². The number of hydrogen-bond donors (Lipinski definition) is 1. The molecule has 104 valence electrons. The van der Waals surface area contributed by atoms with Gasteiger partial charge in [0.1, 0.15) is 0 Å². The maximum atomic E-state index is 12.0. The van der Waals surface area contributed by atoms with Crippen molar-refractivity contribution in [3.63, 3.8) is 0 Å². The molecule has 2 heterocycles. The first-order chi connectivity index (χ1) is 9.70. The summed E-state index contributed by atoms with van der Waals surface area (Å²) < 4.78 is 9.67. The van der Waals surface area contributed by atoms with Crippen molar-refractivity contribution in [2.24, 2.45) is 0 Å². The van der Waals surface area contributed by atoms with Gasteiger partial charge in [-0.05, 0) is 29.8 Å². The molecule has 20 heavy (non-hydrogen) atoms. The molecule has 0 aliphatic heterocycles. The Morgan fingerprint density at radius 3 is 2.70 bits per heavy atom. The molecule has 1 atom stereocenters. The Balaban J connectivity index is 2.14. The van der Waals surface area contributed by atoms with Gasteiger partial charge in [0.05, 0.1) is 25.8 Å². The van der Waals surface area contributed by atoms with E-state index in [0.717, 1.165) is 5.56 Å². The summed E-state index contributed by atoms with van der Waals surface area (Å²) in [6.07, 6.45) is 4.64. The first-order valence-electron chi connectivity index (χ1n) is 6.02. The van der Waals surface area contributed by atoms with Gasteiger partial charge in [-0.15, -0.1) is 0 Å². The van der Waals surface area contributed by atoms with Gasteiger partial charge in [0.15, 0.2) is 5.76 Å². The number of pyridine rings is 1. The van der Waals surface area contributed by atoms with Crippen LogP contribution in [0.2, 0.25) is 0 Å². The second-order valence-electron chi connectivity index (χ2n) is 4.06. The number of hydrogen-bond acceptors (Lipinski definition) is 5. The number of carbonyl (C=O) groups excluding carboxylic acids is 2. The minimum Gasteiger partial charge on any atom is -0.469 e. The van der Waals surface area contributed by atoms with Gasteiger partial charge in [-0.3, -0.25) is 14.6 Å². The van der Waals surface area contributed by atoms with E-state index in [1.807, 2.05) is 0 Å². The number of nitrogens with zero attached hydrogens (tertiary/aromatic N) is 1. The Morgan fingerprint density at radius 1 is 1.35 bits per heavy atom. The number of methoxy groups -OCH3 is 1. The first kappa shape index (κ1) is 13.8. The first-order valence-corrected chi connectivity index (χ1v) is 6.02. The van der Waals surface area contributed by atoms with Gasteiger partial charge in [0.25, 0.3) is 5.91 Å². The third kappa shape index (κ3) is 3.44. The van der Waals surface area contributed by atoms with Crippen LogP contribution in [0.15, 0.2) is 47.3 Å². The van der Waals surface area contributed by atoms with Crippen LogP contribution in [0.3, 0.4) is 0 Å². The van der Waals surface area contributed by atoms with E-state index >= 15 is 0 Å². The molecule has 2 rings (SSSR count). The van der Waals surface area contributed by atoms with Crippen LogP contribution in [0.1, 0.15) is 28.6 Å². The van der Waals surface area contributed by atoms with Crippen LogP contribution < -0.4 is 5.32 Å². The summed E-state index contributed by atoms with van der Waals surface area (Å²) in [4.78, 5) is 27.3. The van der Waals surface area contributed by atoms with Crippen molar-refractivity contribution >= 4 is 11.9 Å². The molecule has 6 nitrogen and oxygen atoms in total. The Morgan fingerprint density at radius 2 is 2.10 bits per heavy atom. The zero-order valence-electron chi connectivity index (χ0n) is 10.9. The molecule has 0 spiro atoms. The highest BCUT2D eigenvalue weighted by Crippen LogP contribution is 2.17. The van der Waals surface area contributed by atoms with Crippen LogP contribution >= 0.6 is 0 Å². The van der Waals surface area contributed by atoms with Crippen molar-refractivity contribution in [3.05, 3.63) is 54.2 Å². The predicted molar refractivity (Wildman–Crippen MR) is 69.8 cm³/mol. The lowest BCUT2D eigenvalue weighted by molar-refractivity contribution is -0.141. The molecule has 0 saturated carbocycles. The molecule has 0 unspecified atom stereocenters. The average molecular weight is 274 g/mol. The average Bonchev–Trinajstić information content (AvgIpc) is 3.01. The SMILES string of the molecule is COC(=O)C[C@@H](NC(=O)c1ccco1)c1ccncc1. The second-order valence-corrected chi connectivity index (χ2v) is 4.06. The maximum absolute atomic E-state index is 12.0. The lowest BCUT2D eigenvalue weighted by atomic mass is 10.1. The molecule has 0 aliphatic carbocycles. The number of ether oxygens (including phenoxy) is 1. The summed E-state index contributed by atoms with van der Waals surface area (Å²) in [7, 11) is 1.31. The summed E-state index contributed by atoms with van der Waals surface area (Å²) in [6, 6.07) is 6.14. The van der Waals surface area contributed by atoms with Crippen molar-refractivity contribution in [3.8, 4) is 0 Å². The molecular formula is C14H14N2O4. The van der Waals surface area contributed by atoms with E-state index in [0.29, 0.717) is 0 Å². The Kier molecular flexibility index (Phi) is 4.49. The van der Waals surface area contributed by atoms with Gasteiger partial charge in [0.2, 0.25) is 0 Å². The number of nitrogens with one attached hydrogen (secondary N) is 1. The fourth-order valence-corrected chi connectivity index (χ4v) is 1.74. The Hall–Kier alpha value is -2.63. The molecule has 0 bridgehead atoms. The summed E-state index contributed by atoms with van der Waals surface area (Å²) >= 11 is 0. The monoisotopic (exact) mass is 274 g/mol. The lowest BCUT2D eigenvalue weighted by Gasteiger charge is -2.17. The highest BCUT2D eigenvalue weighted by Gasteiger charge is 2.20. The largest absolute Gasteiger partial charge is 0.469 e. The fourth-order valence-electron chi connectivity index (χ4n) is 1.74. The smallest absolute Gasteiger partial charge is 0.307 e. The number of amides is 1. The van der Waals surface area contributed by atoms with Crippen LogP contribution in [0, 0.1) is 0 Å². The van der Waals surface area contributed by atoms with Gasteiger partial charge in [-0.1, -0.05) is 0 Å². The summed E-state index contributed by atoms with van der Waals surface area (Å²) in [5.41, 5.74) is 0.769. The molecule has 0 aliphatic rings. The summed E-state index contributed by atoms with van der Waals surface area (Å²) in [5.74, 6) is -0.610. The van der Waals surface area contributed by atoms with Gasteiger partial charge in [0, 0.05) is 12.4 Å². The molecule has 2 aromatic rings. The van der Waals surface area contributed by atoms with Gasteiger partial charge >= 0.3 is 5.97 Å². The van der Waals surface area contributed by atoms with Crippen LogP contribution in [0.25, 0.3) is 0 Å². The molecule has 6 heteroatoms. The second kappa shape index (κ2) is 6.51. The van der Waals surface area contributed by atoms with Gasteiger partial charge in [-0.2, -0.15) is 0 Å². The molecule has 0 aromatic carbocycles. The Labute approximate surface area is 115 Å². The standard InChI is InChI=1S/C14H14N2O4/c1-19-13(17)9-11(10-4-6-15-7-5-10)16-14(18)12-3-2-8-20-12/h2-8,11H,9H2,1H3,(H,16,18)/t11-/m1/s1. The van der Waals surface area contributed by atoms with Crippen LogP contribution in [-0.2, 0) is 9.53 Å². The van der Waals surface area contributed by atoms with Crippen molar-refractivity contribution in [2.75, 3.05) is 7.11 Å². The van der Waals surface area contributed by atoms with E-state index in [9.17, 15) is 9.59 Å². The van der Waals surface area contributed by atoms with Crippen molar-refractivity contribution in [1.82, 2.24) is 10.3 Å². The van der Waals surface area contributed by atoms with Crippen molar-refractivity contribution < 1.29 is 18.7 Å². The molecule has 2 aromatic heterocycles. The minimum atomic E-state index is -0.497. The van der Waals surface area contributed by atoms with Crippen molar-refractivity contribution in [1.29, 1.82) is 0 Å². The topological polar surface area (TPSA) is 81.4 Å². The van der Waals surface area contributed by atoms with E-state index in [2.05, 4.69) is 15.0 Å². The lowest BCUT2D eigenvalue weighted by Crippen LogP contribution is -2.30.